The highest BCUT2D eigenvalue weighted by Crippen LogP contribution is 2.45. The highest BCUT2D eigenvalue weighted by Gasteiger charge is 2.25. The average Bonchev–Trinajstić information content (AvgIpc) is 3.35. The van der Waals surface area contributed by atoms with Crippen molar-refractivity contribution in [2.45, 2.75) is 26.4 Å². The van der Waals surface area contributed by atoms with Crippen molar-refractivity contribution in [1.82, 2.24) is 9.97 Å². The first-order valence-electron chi connectivity index (χ1n) is 9.85. The molecule has 1 aliphatic heterocycles. The number of hydrogen-bond donors (Lipinski definition) is 2. The summed E-state index contributed by atoms with van der Waals surface area (Å²) < 4.78 is 32.6. The van der Waals surface area contributed by atoms with Gasteiger partial charge in [0.15, 0.2) is 23.1 Å². The first kappa shape index (κ1) is 18.7. The number of aryl methyl sites for hydroxylation is 1. The molecule has 154 valence electrons. The zero-order chi connectivity index (χ0) is 20.8. The predicted molar refractivity (Wildman–Crippen MR) is 111 cm³/mol. The average molecular weight is 408 g/mol. The lowest BCUT2D eigenvalue weighted by Gasteiger charge is -2.15. The molecule has 0 aliphatic carbocycles. The van der Waals surface area contributed by atoms with E-state index in [1.165, 1.54) is 0 Å². The monoisotopic (exact) mass is 408 g/mol. The molecule has 0 saturated heterocycles. The van der Waals surface area contributed by atoms with E-state index in [9.17, 15) is 5.11 Å². The maximum atomic E-state index is 15.1. The lowest BCUT2D eigenvalue weighted by molar-refractivity contribution is 0.120. The Morgan fingerprint density at radius 1 is 1.23 bits per heavy atom. The van der Waals surface area contributed by atoms with Crippen LogP contribution in [0.5, 0.6) is 23.0 Å². The molecule has 2 N–H and O–H groups in total. The quantitative estimate of drug-likeness (QED) is 0.503. The Labute approximate surface area is 172 Å². The Bertz CT molecular complexity index is 1270. The molecule has 6 nitrogen and oxygen atoms in total. The third kappa shape index (κ3) is 3.11. The topological polar surface area (TPSA) is 76.6 Å². The predicted octanol–water partition coefficient (Wildman–Crippen LogP) is 4.65. The van der Waals surface area contributed by atoms with Crippen molar-refractivity contribution in [2.24, 2.45) is 0 Å². The van der Waals surface area contributed by atoms with Crippen LogP contribution in [0, 0.1) is 12.7 Å². The minimum atomic E-state index is -0.602. The third-order valence-electron chi connectivity index (χ3n) is 5.14. The normalized spacial score (nSPS) is 14.0. The number of hydrogen-bond acceptors (Lipinski definition) is 5. The minimum Gasteiger partial charge on any atom is -0.489 e. The Morgan fingerprint density at radius 3 is 2.93 bits per heavy atom. The number of benzene rings is 2. The third-order valence-corrected chi connectivity index (χ3v) is 5.14. The van der Waals surface area contributed by atoms with Crippen molar-refractivity contribution in [3.05, 3.63) is 53.6 Å². The van der Waals surface area contributed by atoms with Gasteiger partial charge in [-0.15, -0.1) is 0 Å². The van der Waals surface area contributed by atoms with Crippen LogP contribution in [0.3, 0.4) is 0 Å². The van der Waals surface area contributed by atoms with E-state index in [2.05, 4.69) is 9.97 Å². The Kier molecular flexibility index (Phi) is 4.47. The van der Waals surface area contributed by atoms with Gasteiger partial charge in [-0.2, -0.15) is 0 Å². The number of halogens is 1. The second-order valence-corrected chi connectivity index (χ2v) is 7.54. The van der Waals surface area contributed by atoms with Crippen LogP contribution >= 0.6 is 0 Å². The van der Waals surface area contributed by atoms with E-state index in [4.69, 9.17) is 14.2 Å². The first-order valence-corrected chi connectivity index (χ1v) is 9.85. The molecule has 2 aromatic heterocycles. The molecule has 0 saturated carbocycles. The van der Waals surface area contributed by atoms with Crippen LogP contribution in [0.2, 0.25) is 0 Å². The maximum Gasteiger partial charge on any atom is 0.175 e. The summed E-state index contributed by atoms with van der Waals surface area (Å²) in [6.45, 7) is 4.20. The molecule has 0 spiro atoms. The lowest BCUT2D eigenvalue weighted by Crippen LogP contribution is -2.13. The molecule has 0 radical (unpaired) electrons. The molecule has 0 unspecified atom stereocenters. The van der Waals surface area contributed by atoms with Gasteiger partial charge >= 0.3 is 0 Å². The molecule has 5 rings (SSSR count). The fourth-order valence-corrected chi connectivity index (χ4v) is 3.86. The van der Waals surface area contributed by atoms with Crippen molar-refractivity contribution in [2.75, 3.05) is 13.2 Å². The molecule has 1 atom stereocenters. The molecule has 0 amide bonds. The van der Waals surface area contributed by atoms with Gasteiger partial charge in [0.05, 0.1) is 23.6 Å². The summed E-state index contributed by atoms with van der Waals surface area (Å²) in [6, 6.07) is 8.68. The molecule has 0 bridgehead atoms. The summed E-state index contributed by atoms with van der Waals surface area (Å²) in [6.07, 6.45) is 1.68. The van der Waals surface area contributed by atoms with Crippen LogP contribution in [-0.2, 0) is 6.42 Å². The smallest absolute Gasteiger partial charge is 0.175 e. The van der Waals surface area contributed by atoms with Gasteiger partial charge in [0.1, 0.15) is 12.4 Å². The van der Waals surface area contributed by atoms with Gasteiger partial charge in [-0.25, -0.2) is 4.39 Å². The number of nitrogens with one attached hydrogen (secondary N) is 1. The molecule has 0 fully saturated rings. The van der Waals surface area contributed by atoms with Crippen LogP contribution in [0.4, 0.5) is 4.39 Å². The molecule has 3 heterocycles. The van der Waals surface area contributed by atoms with Crippen molar-refractivity contribution in [3.63, 3.8) is 0 Å². The van der Waals surface area contributed by atoms with Crippen LogP contribution < -0.4 is 14.2 Å². The number of aromatic nitrogens is 2. The summed E-state index contributed by atoms with van der Waals surface area (Å²) in [4.78, 5) is 7.57. The van der Waals surface area contributed by atoms with Gasteiger partial charge in [0.2, 0.25) is 0 Å². The number of fused-ring (bicyclic) bond motifs is 4. The maximum absolute atomic E-state index is 15.1. The number of ether oxygens (including phenoxy) is 3. The number of aromatic amines is 1. The van der Waals surface area contributed by atoms with Crippen LogP contribution in [0.25, 0.3) is 21.8 Å². The van der Waals surface area contributed by atoms with Gasteiger partial charge in [0.25, 0.3) is 0 Å². The number of pyridine rings is 1. The van der Waals surface area contributed by atoms with E-state index in [1.807, 2.05) is 6.92 Å². The van der Waals surface area contributed by atoms with E-state index < -0.39 is 11.9 Å². The van der Waals surface area contributed by atoms with Crippen molar-refractivity contribution in [1.29, 1.82) is 0 Å². The standard InChI is InChI=1S/C23H21FN2O4/c1-12-9-15-16(26-12)3-4-19(22(15)24)30-18-5-7-25-17-10-20(29-11-13(2)27)23-14(21(17)18)6-8-28-23/h3-5,7,9-10,13,26-27H,6,8,11H2,1-2H3/t13-/m1/s1. The fraction of sp³-hybridized carbons (Fsp3) is 0.261. The molecule has 7 heteroatoms. The summed E-state index contributed by atoms with van der Waals surface area (Å²) in [5.41, 5.74) is 3.19. The van der Waals surface area contributed by atoms with E-state index in [-0.39, 0.29) is 12.4 Å². The Balaban J connectivity index is 1.61. The number of H-pyrrole nitrogens is 1. The van der Waals surface area contributed by atoms with E-state index in [1.54, 1.807) is 43.5 Å². The number of rotatable bonds is 5. The van der Waals surface area contributed by atoms with Gasteiger partial charge in [-0.1, -0.05) is 0 Å². The largest absolute Gasteiger partial charge is 0.489 e. The van der Waals surface area contributed by atoms with Crippen LogP contribution in [0.15, 0.2) is 36.5 Å². The van der Waals surface area contributed by atoms with Crippen LogP contribution in [-0.4, -0.2) is 34.4 Å². The highest BCUT2D eigenvalue weighted by molar-refractivity contribution is 5.93. The van der Waals surface area contributed by atoms with E-state index in [0.29, 0.717) is 41.2 Å². The van der Waals surface area contributed by atoms with Gasteiger partial charge in [-0.3, -0.25) is 4.98 Å². The molecule has 30 heavy (non-hydrogen) atoms. The van der Waals surface area contributed by atoms with Crippen molar-refractivity contribution in [3.8, 4) is 23.0 Å². The second-order valence-electron chi connectivity index (χ2n) is 7.54. The van der Waals surface area contributed by atoms with Crippen LogP contribution in [0.1, 0.15) is 18.2 Å². The minimum absolute atomic E-state index is 0.149. The molecular weight excluding hydrogens is 387 g/mol. The van der Waals surface area contributed by atoms with Gasteiger partial charge in [0, 0.05) is 40.8 Å². The SMILES string of the molecule is Cc1cc2c(F)c(Oc3ccnc4cc(OC[C@@H](C)O)c5c(c34)CCO5)ccc2[nH]1. The van der Waals surface area contributed by atoms with E-state index in [0.717, 1.165) is 22.2 Å². The fourth-order valence-electron chi connectivity index (χ4n) is 3.86. The molecule has 2 aromatic carbocycles. The zero-order valence-corrected chi connectivity index (χ0v) is 16.7. The van der Waals surface area contributed by atoms with Gasteiger partial charge in [-0.05, 0) is 38.1 Å². The first-order chi connectivity index (χ1) is 14.5. The highest BCUT2D eigenvalue weighted by atomic mass is 19.1. The molecular formula is C23H21FN2O4. The van der Waals surface area contributed by atoms with Gasteiger partial charge < -0.3 is 24.3 Å². The van der Waals surface area contributed by atoms with Crippen molar-refractivity contribution >= 4 is 21.8 Å². The number of aliphatic hydroxyl groups is 1. The Morgan fingerprint density at radius 2 is 2.10 bits per heavy atom. The number of aliphatic hydroxyl groups excluding tert-OH is 1. The Hall–Kier alpha value is -3.32. The van der Waals surface area contributed by atoms with Crippen molar-refractivity contribution < 1.29 is 23.7 Å². The summed E-state index contributed by atoms with van der Waals surface area (Å²) >= 11 is 0. The molecule has 1 aliphatic rings. The zero-order valence-electron chi connectivity index (χ0n) is 16.7. The summed E-state index contributed by atoms with van der Waals surface area (Å²) in [5, 5.41) is 10.8. The lowest BCUT2D eigenvalue weighted by atomic mass is 10.0. The van der Waals surface area contributed by atoms with E-state index >= 15 is 4.39 Å². The second kappa shape index (κ2) is 7.18. The summed E-state index contributed by atoms with van der Waals surface area (Å²) in [7, 11) is 0. The molecule has 4 aromatic rings. The summed E-state index contributed by atoms with van der Waals surface area (Å²) in [5.74, 6) is 1.41. The number of nitrogens with zero attached hydrogens (tertiary/aromatic N) is 1.